The number of carbonyl (C=O) groups is 2. The Morgan fingerprint density at radius 1 is 1.19 bits per heavy atom. The average molecular weight is 419 g/mol. The summed E-state index contributed by atoms with van der Waals surface area (Å²) in [5.74, 6) is -1.40. The lowest BCUT2D eigenvalue weighted by Crippen LogP contribution is -2.34. The number of anilines is 1. The Balaban J connectivity index is 1.53. The van der Waals surface area contributed by atoms with Gasteiger partial charge in [0.15, 0.2) is 0 Å². The van der Waals surface area contributed by atoms with Crippen LogP contribution in [-0.4, -0.2) is 23.2 Å². The van der Waals surface area contributed by atoms with Gasteiger partial charge in [0.2, 0.25) is 0 Å². The normalized spacial score (nSPS) is 11.8. The fourth-order valence-electron chi connectivity index (χ4n) is 2.37. The molecule has 0 spiro atoms. The zero-order valence-corrected chi connectivity index (χ0v) is 16.9. The molecule has 3 aromatic rings. The minimum atomic E-state index is -0.705. The van der Waals surface area contributed by atoms with E-state index in [1.807, 2.05) is 53.4 Å². The number of rotatable bonds is 6. The molecular weight excluding hydrogens is 400 g/mol. The monoisotopic (exact) mass is 418 g/mol. The number of aliphatic hydroxyl groups excluding tert-OH is 1. The minimum Gasteiger partial charge on any atom is -0.383 e. The average Bonchev–Trinajstić information content (AvgIpc) is 3.37. The van der Waals surface area contributed by atoms with Crippen molar-refractivity contribution >= 4 is 51.9 Å². The molecule has 0 bridgehead atoms. The van der Waals surface area contributed by atoms with Gasteiger partial charge in [-0.05, 0) is 59.0 Å². The molecule has 1 aromatic carbocycles. The lowest BCUT2D eigenvalue weighted by atomic mass is 10.2. The van der Waals surface area contributed by atoms with Crippen molar-refractivity contribution in [2.24, 2.45) is 0 Å². The second kappa shape index (κ2) is 9.18. The first kappa shape index (κ1) is 19.6. The van der Waals surface area contributed by atoms with E-state index >= 15 is 0 Å². The van der Waals surface area contributed by atoms with Gasteiger partial charge in [-0.3, -0.25) is 9.59 Å². The molecule has 2 aromatic heterocycles. The lowest BCUT2D eigenvalue weighted by Gasteiger charge is -2.07. The van der Waals surface area contributed by atoms with Crippen LogP contribution in [0.2, 0.25) is 0 Å². The maximum absolute atomic E-state index is 12.0. The standard InChI is InChI=1S/C19H18N2O3S3/c1-25-14-4-2-3-13(9-14)21-19(24)18(23)20-10-15-5-6-16(27-15)17(22)12-7-8-26-11-12/h2-9,11,17,22H,10H2,1H3,(H,20,23)(H,21,24). The van der Waals surface area contributed by atoms with Gasteiger partial charge in [0.1, 0.15) is 6.10 Å². The van der Waals surface area contributed by atoms with Gasteiger partial charge in [0.05, 0.1) is 6.54 Å². The summed E-state index contributed by atoms with van der Waals surface area (Å²) < 4.78 is 0. The van der Waals surface area contributed by atoms with Crippen molar-refractivity contribution in [3.8, 4) is 0 Å². The first-order valence-electron chi connectivity index (χ1n) is 8.09. The Kier molecular flexibility index (Phi) is 6.68. The van der Waals surface area contributed by atoms with Crippen LogP contribution in [0, 0.1) is 0 Å². The summed E-state index contributed by atoms with van der Waals surface area (Å²) in [6.07, 6.45) is 1.27. The molecule has 0 aliphatic carbocycles. The van der Waals surface area contributed by atoms with Gasteiger partial charge in [0, 0.05) is 20.3 Å². The van der Waals surface area contributed by atoms with Crippen molar-refractivity contribution < 1.29 is 14.7 Å². The Bertz CT molecular complexity index is 922. The molecule has 0 radical (unpaired) electrons. The molecule has 0 saturated carbocycles. The van der Waals surface area contributed by atoms with Gasteiger partial charge in [-0.15, -0.1) is 23.1 Å². The number of carbonyl (C=O) groups excluding carboxylic acids is 2. The van der Waals surface area contributed by atoms with E-state index < -0.39 is 17.9 Å². The van der Waals surface area contributed by atoms with Crippen LogP contribution in [0.3, 0.4) is 0 Å². The largest absolute Gasteiger partial charge is 0.383 e. The quantitative estimate of drug-likeness (QED) is 0.419. The van der Waals surface area contributed by atoms with Crippen LogP contribution >= 0.6 is 34.4 Å². The Hall–Kier alpha value is -2.13. The Morgan fingerprint density at radius 3 is 2.78 bits per heavy atom. The van der Waals surface area contributed by atoms with Crippen LogP contribution in [0.5, 0.6) is 0 Å². The molecule has 27 heavy (non-hydrogen) atoms. The molecule has 2 amide bonds. The first-order chi connectivity index (χ1) is 13.1. The lowest BCUT2D eigenvalue weighted by molar-refractivity contribution is -0.136. The van der Waals surface area contributed by atoms with Crippen molar-refractivity contribution in [1.29, 1.82) is 0 Å². The SMILES string of the molecule is CSc1cccc(NC(=O)C(=O)NCc2ccc(C(O)c3ccsc3)s2)c1. The van der Waals surface area contributed by atoms with E-state index in [0.717, 1.165) is 20.2 Å². The molecule has 1 unspecified atom stereocenters. The summed E-state index contributed by atoms with van der Waals surface area (Å²) in [7, 11) is 0. The third kappa shape index (κ3) is 5.20. The molecular formula is C19H18N2O3S3. The van der Waals surface area contributed by atoms with Gasteiger partial charge in [0.25, 0.3) is 0 Å². The summed E-state index contributed by atoms with van der Waals surface area (Å²) >= 11 is 4.50. The summed E-state index contributed by atoms with van der Waals surface area (Å²) in [4.78, 5) is 26.7. The predicted molar refractivity (Wildman–Crippen MR) is 111 cm³/mol. The third-order valence-electron chi connectivity index (χ3n) is 3.77. The molecule has 2 heterocycles. The van der Waals surface area contributed by atoms with Crippen LogP contribution in [0.1, 0.15) is 21.4 Å². The molecule has 0 fully saturated rings. The van der Waals surface area contributed by atoms with E-state index in [-0.39, 0.29) is 6.54 Å². The third-order valence-corrected chi connectivity index (χ3v) is 6.33. The second-order valence-corrected chi connectivity index (χ2v) is 8.49. The zero-order chi connectivity index (χ0) is 19.2. The highest BCUT2D eigenvalue weighted by molar-refractivity contribution is 7.98. The van der Waals surface area contributed by atoms with Crippen LogP contribution in [0.25, 0.3) is 0 Å². The fourth-order valence-corrected chi connectivity index (χ4v) is 4.47. The summed E-state index contributed by atoms with van der Waals surface area (Å²) in [5.41, 5.74) is 1.43. The van der Waals surface area contributed by atoms with Crippen LogP contribution in [-0.2, 0) is 16.1 Å². The highest BCUT2D eigenvalue weighted by Crippen LogP contribution is 2.29. The first-order valence-corrected chi connectivity index (χ1v) is 11.1. The van der Waals surface area contributed by atoms with E-state index in [9.17, 15) is 14.7 Å². The van der Waals surface area contributed by atoms with Gasteiger partial charge >= 0.3 is 11.8 Å². The van der Waals surface area contributed by atoms with Crippen LogP contribution in [0.4, 0.5) is 5.69 Å². The molecule has 1 atom stereocenters. The number of hydrogen-bond donors (Lipinski definition) is 3. The van der Waals surface area contributed by atoms with Crippen LogP contribution in [0.15, 0.2) is 58.1 Å². The van der Waals surface area contributed by atoms with Gasteiger partial charge in [-0.1, -0.05) is 6.07 Å². The second-order valence-electron chi connectivity index (χ2n) is 5.63. The molecule has 0 aliphatic heterocycles. The maximum Gasteiger partial charge on any atom is 0.313 e. The Morgan fingerprint density at radius 2 is 2.04 bits per heavy atom. The van der Waals surface area contributed by atoms with Gasteiger partial charge < -0.3 is 15.7 Å². The number of nitrogens with one attached hydrogen (secondary N) is 2. The predicted octanol–water partition coefficient (Wildman–Crippen LogP) is 3.87. The van der Waals surface area contributed by atoms with E-state index in [4.69, 9.17) is 0 Å². The molecule has 3 rings (SSSR count). The highest BCUT2D eigenvalue weighted by atomic mass is 32.2. The molecule has 140 valence electrons. The summed E-state index contributed by atoms with van der Waals surface area (Å²) in [6, 6.07) is 12.9. The summed E-state index contributed by atoms with van der Waals surface area (Å²) in [6.45, 7) is 0.234. The molecule has 0 aliphatic rings. The van der Waals surface area contributed by atoms with E-state index in [2.05, 4.69) is 10.6 Å². The number of amides is 2. The molecule has 8 heteroatoms. The number of aliphatic hydroxyl groups is 1. The van der Waals surface area contributed by atoms with Crippen molar-refractivity contribution in [3.63, 3.8) is 0 Å². The van der Waals surface area contributed by atoms with Crippen molar-refractivity contribution in [2.45, 2.75) is 17.5 Å². The highest BCUT2D eigenvalue weighted by Gasteiger charge is 2.16. The smallest absolute Gasteiger partial charge is 0.313 e. The van der Waals surface area contributed by atoms with Crippen molar-refractivity contribution in [2.75, 3.05) is 11.6 Å². The number of hydrogen-bond acceptors (Lipinski definition) is 6. The number of thioether (sulfide) groups is 1. The van der Waals surface area contributed by atoms with Crippen LogP contribution < -0.4 is 10.6 Å². The minimum absolute atomic E-state index is 0.234. The number of benzene rings is 1. The van der Waals surface area contributed by atoms with E-state index in [1.165, 1.54) is 22.7 Å². The Labute approximate surface area is 169 Å². The topological polar surface area (TPSA) is 78.4 Å². The number of thiophene rings is 2. The van der Waals surface area contributed by atoms with E-state index in [0.29, 0.717) is 5.69 Å². The van der Waals surface area contributed by atoms with Crippen molar-refractivity contribution in [1.82, 2.24) is 5.32 Å². The van der Waals surface area contributed by atoms with E-state index in [1.54, 1.807) is 17.8 Å². The molecule has 5 nitrogen and oxygen atoms in total. The van der Waals surface area contributed by atoms with Gasteiger partial charge in [-0.2, -0.15) is 11.3 Å². The summed E-state index contributed by atoms with van der Waals surface area (Å²) in [5, 5.41) is 19.4. The zero-order valence-electron chi connectivity index (χ0n) is 14.5. The fraction of sp³-hybridized carbons (Fsp3) is 0.158. The maximum atomic E-state index is 12.0. The van der Waals surface area contributed by atoms with Crippen molar-refractivity contribution in [3.05, 3.63) is 68.5 Å². The molecule has 3 N–H and O–H groups in total. The molecule has 0 saturated heterocycles. The van der Waals surface area contributed by atoms with Gasteiger partial charge in [-0.25, -0.2) is 0 Å².